The van der Waals surface area contributed by atoms with Gasteiger partial charge in [-0.1, -0.05) is 173 Å². The van der Waals surface area contributed by atoms with E-state index in [1.165, 1.54) is 0 Å². The van der Waals surface area contributed by atoms with Crippen LogP contribution in [0, 0.1) is 6.92 Å². The molecule has 5 aromatic carbocycles. The lowest BCUT2D eigenvalue weighted by Gasteiger charge is -2.47. The van der Waals surface area contributed by atoms with Gasteiger partial charge in [-0.15, -0.1) is 0 Å². The monoisotopic (exact) mass is 750 g/mol. The zero-order valence-corrected chi connectivity index (χ0v) is 32.5. The van der Waals surface area contributed by atoms with Crippen molar-refractivity contribution in [2.45, 2.75) is 12.3 Å². The van der Waals surface area contributed by atoms with Crippen LogP contribution in [0.4, 0.5) is 5.69 Å². The average Bonchev–Trinajstić information content (AvgIpc) is 3.26. The SMILES string of the molecule is C=C/C=C1\C(=C)Nc2c(C)cccc2C12c1ccccc1Oc1ccc(/C(C=C)=C/C(=C)C(=C)/C(=C\C=C)c3nc(-c4ccccc4)nc(-c4ccccc4)n3)cc12. The summed E-state index contributed by atoms with van der Waals surface area (Å²) in [5.41, 5.74) is 11.7. The van der Waals surface area contributed by atoms with Crippen molar-refractivity contribution in [3.63, 3.8) is 0 Å². The molecule has 0 saturated heterocycles. The first kappa shape index (κ1) is 37.3. The predicted octanol–water partition coefficient (Wildman–Crippen LogP) is 13.0. The van der Waals surface area contributed by atoms with Crippen LogP contribution in [0.15, 0.2) is 220 Å². The molecule has 0 fully saturated rings. The highest BCUT2D eigenvalue weighted by atomic mass is 16.5. The normalized spacial score (nSPS) is 16.3. The second kappa shape index (κ2) is 15.5. The first-order valence-electron chi connectivity index (χ1n) is 19.0. The van der Waals surface area contributed by atoms with Gasteiger partial charge in [0.1, 0.15) is 11.5 Å². The van der Waals surface area contributed by atoms with E-state index in [0.717, 1.165) is 73.0 Å². The Morgan fingerprint density at radius 3 is 1.98 bits per heavy atom. The van der Waals surface area contributed by atoms with E-state index in [2.05, 4.69) is 100 Å². The standard InChI is InChI=1S/C53H42N4O/c1-8-20-42(52-56-50(39-23-13-11-14-24-39)55-51(57-52)40-25-15-12-16-26-40)36(6)35(5)32-38(10-3)41-30-31-48-46(33-41)53(44-27-17-18-29-47(44)58-48)43(21-9-2)37(7)54-49-34(4)22-19-28-45(49)53/h8-33,54H,1-3,5-7H2,4H3/b38-32+,42-20+,43-21+. The summed E-state index contributed by atoms with van der Waals surface area (Å²) >= 11 is 0. The Morgan fingerprint density at radius 1 is 0.690 bits per heavy atom. The van der Waals surface area contributed by atoms with Gasteiger partial charge >= 0.3 is 0 Å². The van der Waals surface area contributed by atoms with Crippen LogP contribution in [0.3, 0.4) is 0 Å². The van der Waals surface area contributed by atoms with Gasteiger partial charge in [-0.3, -0.25) is 0 Å². The third kappa shape index (κ3) is 6.39. The minimum absolute atomic E-state index is 0.459. The number of hydrogen-bond acceptors (Lipinski definition) is 5. The average molecular weight is 751 g/mol. The van der Waals surface area contributed by atoms with Crippen molar-refractivity contribution in [1.29, 1.82) is 0 Å². The molecule has 2 aliphatic rings. The van der Waals surface area contributed by atoms with Gasteiger partial charge in [0.05, 0.1) is 5.41 Å². The summed E-state index contributed by atoms with van der Waals surface area (Å²) in [4.78, 5) is 14.8. The molecule has 3 heterocycles. The van der Waals surface area contributed by atoms with Crippen LogP contribution in [0.25, 0.3) is 33.9 Å². The quantitative estimate of drug-likeness (QED) is 0.141. The highest BCUT2D eigenvalue weighted by Crippen LogP contribution is 2.60. The molecule has 5 nitrogen and oxygen atoms in total. The fourth-order valence-electron chi connectivity index (χ4n) is 7.95. The van der Waals surface area contributed by atoms with Crippen molar-refractivity contribution in [2.24, 2.45) is 0 Å². The number of nitrogens with zero attached hydrogens (tertiary/aromatic N) is 3. The fraction of sp³-hybridized carbons (Fsp3) is 0.0377. The fourth-order valence-corrected chi connectivity index (χ4v) is 7.95. The number of hydrogen-bond donors (Lipinski definition) is 1. The van der Waals surface area contributed by atoms with Crippen molar-refractivity contribution in [3.8, 4) is 34.3 Å². The maximum absolute atomic E-state index is 6.67. The number of aryl methyl sites for hydroxylation is 1. The van der Waals surface area contributed by atoms with E-state index < -0.39 is 5.41 Å². The van der Waals surface area contributed by atoms with Gasteiger partial charge in [-0.05, 0) is 70.2 Å². The van der Waals surface area contributed by atoms with E-state index in [9.17, 15) is 0 Å². The summed E-state index contributed by atoms with van der Waals surface area (Å²) in [7, 11) is 0. The Hall–Kier alpha value is -7.63. The smallest absolute Gasteiger partial charge is 0.164 e. The molecular formula is C53H42N4O. The zero-order chi connectivity index (χ0) is 40.4. The molecule has 1 aromatic heterocycles. The molecule has 0 bridgehead atoms. The molecule has 0 saturated carbocycles. The number of aromatic nitrogens is 3. The number of rotatable bonds is 10. The van der Waals surface area contributed by atoms with E-state index in [1.807, 2.05) is 103 Å². The molecule has 0 amide bonds. The number of allylic oxidation sites excluding steroid dienone is 11. The van der Waals surface area contributed by atoms with Crippen LogP contribution in [-0.2, 0) is 5.41 Å². The molecular weight excluding hydrogens is 709 g/mol. The Bertz CT molecular complexity index is 2730. The number of nitrogens with one attached hydrogen (secondary N) is 1. The first-order chi connectivity index (χ1) is 28.3. The third-order valence-electron chi connectivity index (χ3n) is 10.7. The lowest BCUT2D eigenvalue weighted by Crippen LogP contribution is -2.40. The van der Waals surface area contributed by atoms with Crippen molar-refractivity contribution in [2.75, 3.05) is 5.32 Å². The number of anilines is 1. The Kier molecular flexibility index (Phi) is 9.96. The molecule has 1 N–H and O–H groups in total. The van der Waals surface area contributed by atoms with E-state index in [-0.39, 0.29) is 0 Å². The largest absolute Gasteiger partial charge is 0.457 e. The van der Waals surface area contributed by atoms with E-state index in [0.29, 0.717) is 34.2 Å². The molecule has 58 heavy (non-hydrogen) atoms. The summed E-state index contributed by atoms with van der Waals surface area (Å²) in [6.45, 7) is 28.1. The highest BCUT2D eigenvalue weighted by molar-refractivity contribution is 5.88. The van der Waals surface area contributed by atoms with Crippen molar-refractivity contribution in [1.82, 2.24) is 15.0 Å². The lowest BCUT2D eigenvalue weighted by molar-refractivity contribution is 0.433. The minimum atomic E-state index is -0.767. The topological polar surface area (TPSA) is 59.9 Å². The summed E-state index contributed by atoms with van der Waals surface area (Å²) in [5.74, 6) is 3.10. The molecule has 5 heteroatoms. The number of ether oxygens (including phenoxy) is 1. The summed E-state index contributed by atoms with van der Waals surface area (Å²) in [5, 5.41) is 3.62. The molecule has 1 unspecified atom stereocenters. The molecule has 1 spiro atoms. The summed E-state index contributed by atoms with van der Waals surface area (Å²) in [6, 6.07) is 40.7. The second-order valence-corrected chi connectivity index (χ2v) is 14.1. The van der Waals surface area contributed by atoms with Gasteiger partial charge in [0.2, 0.25) is 0 Å². The van der Waals surface area contributed by atoms with E-state index >= 15 is 0 Å². The molecule has 280 valence electrons. The van der Waals surface area contributed by atoms with Crippen LogP contribution in [0.1, 0.15) is 33.6 Å². The van der Waals surface area contributed by atoms with Crippen LogP contribution in [0.5, 0.6) is 11.5 Å². The maximum Gasteiger partial charge on any atom is 0.164 e. The van der Waals surface area contributed by atoms with Crippen molar-refractivity contribution in [3.05, 3.63) is 253 Å². The van der Waals surface area contributed by atoms with Gasteiger partial charge in [-0.25, -0.2) is 15.0 Å². The van der Waals surface area contributed by atoms with Crippen LogP contribution >= 0.6 is 0 Å². The third-order valence-corrected chi connectivity index (χ3v) is 10.7. The molecule has 1 atom stereocenters. The number of benzene rings is 5. The van der Waals surface area contributed by atoms with Gasteiger partial charge < -0.3 is 10.1 Å². The highest BCUT2D eigenvalue weighted by Gasteiger charge is 2.50. The second-order valence-electron chi connectivity index (χ2n) is 14.1. The molecule has 2 aliphatic heterocycles. The van der Waals surface area contributed by atoms with Gasteiger partial charge in [-0.2, -0.15) is 0 Å². The maximum atomic E-state index is 6.67. The zero-order valence-electron chi connectivity index (χ0n) is 32.5. The number of fused-ring (bicyclic) bond motifs is 6. The summed E-state index contributed by atoms with van der Waals surface area (Å²) in [6.07, 6.45) is 11.3. The van der Waals surface area contributed by atoms with Crippen molar-refractivity contribution < 1.29 is 4.74 Å². The predicted molar refractivity (Wildman–Crippen MR) is 240 cm³/mol. The molecule has 8 rings (SSSR count). The van der Waals surface area contributed by atoms with E-state index in [4.69, 9.17) is 19.7 Å². The Balaban J connectivity index is 1.25. The van der Waals surface area contributed by atoms with Crippen LogP contribution < -0.4 is 10.1 Å². The van der Waals surface area contributed by atoms with Gasteiger partial charge in [0.25, 0.3) is 0 Å². The lowest BCUT2D eigenvalue weighted by atomic mass is 9.60. The van der Waals surface area contributed by atoms with Crippen LogP contribution in [0.2, 0.25) is 0 Å². The Labute approximate surface area is 340 Å². The first-order valence-corrected chi connectivity index (χ1v) is 19.0. The Morgan fingerprint density at radius 2 is 1.33 bits per heavy atom. The van der Waals surface area contributed by atoms with E-state index in [1.54, 1.807) is 6.08 Å². The van der Waals surface area contributed by atoms with Gasteiger partial charge in [0, 0.05) is 39.2 Å². The molecule has 0 radical (unpaired) electrons. The van der Waals surface area contributed by atoms with Gasteiger partial charge in [0.15, 0.2) is 17.5 Å². The molecule has 6 aromatic rings. The minimum Gasteiger partial charge on any atom is -0.457 e. The van der Waals surface area contributed by atoms with Crippen molar-refractivity contribution >= 4 is 16.8 Å². The van der Waals surface area contributed by atoms with Crippen LogP contribution in [-0.4, -0.2) is 15.0 Å². The molecule has 0 aliphatic carbocycles. The number of para-hydroxylation sites is 2. The summed E-state index contributed by atoms with van der Waals surface area (Å²) < 4.78 is 6.67.